The van der Waals surface area contributed by atoms with E-state index in [-0.39, 0.29) is 37.1 Å². The van der Waals surface area contributed by atoms with Crippen molar-refractivity contribution in [3.63, 3.8) is 0 Å². The lowest BCUT2D eigenvalue weighted by Gasteiger charge is -2.22. The lowest BCUT2D eigenvalue weighted by atomic mass is 9.99. The summed E-state index contributed by atoms with van der Waals surface area (Å²) in [5.74, 6) is -1.69. The molecule has 2 aliphatic rings. The molecule has 0 unspecified atom stereocenters. The molecule has 2 aromatic carbocycles. The second-order valence-electron chi connectivity index (χ2n) is 9.36. The van der Waals surface area contributed by atoms with Gasteiger partial charge in [-0.1, -0.05) is 18.2 Å². The van der Waals surface area contributed by atoms with Gasteiger partial charge in [-0.15, -0.1) is 0 Å². The first-order valence-electron chi connectivity index (χ1n) is 12.2. The van der Waals surface area contributed by atoms with Crippen molar-refractivity contribution in [1.82, 2.24) is 10.6 Å². The van der Waals surface area contributed by atoms with E-state index >= 15 is 0 Å². The van der Waals surface area contributed by atoms with E-state index in [2.05, 4.69) is 10.6 Å². The highest BCUT2D eigenvalue weighted by Gasteiger charge is 2.54. The predicted molar refractivity (Wildman–Crippen MR) is 134 cm³/mol. The second-order valence-corrected chi connectivity index (χ2v) is 9.36. The topological polar surface area (TPSA) is 136 Å². The van der Waals surface area contributed by atoms with Gasteiger partial charge in [0.1, 0.15) is 17.0 Å². The molecule has 2 fully saturated rings. The molecule has 198 valence electrons. The molecule has 0 spiro atoms. The van der Waals surface area contributed by atoms with Crippen molar-refractivity contribution in [3.05, 3.63) is 52.9 Å². The first-order valence-corrected chi connectivity index (χ1v) is 12.2. The number of epoxide rings is 1. The summed E-state index contributed by atoms with van der Waals surface area (Å²) in [7, 11) is 1.51. The summed E-state index contributed by atoms with van der Waals surface area (Å²) < 4.78 is 21.7. The van der Waals surface area contributed by atoms with Crippen LogP contribution >= 0.6 is 0 Å². The van der Waals surface area contributed by atoms with Crippen LogP contribution in [0.3, 0.4) is 0 Å². The van der Waals surface area contributed by atoms with Crippen molar-refractivity contribution in [3.8, 4) is 5.75 Å². The third kappa shape index (κ3) is 5.55. The molecule has 0 saturated carbocycles. The van der Waals surface area contributed by atoms with E-state index in [1.54, 1.807) is 26.0 Å². The van der Waals surface area contributed by atoms with Crippen LogP contribution in [0.2, 0.25) is 0 Å². The van der Waals surface area contributed by atoms with E-state index in [9.17, 15) is 19.5 Å². The Balaban J connectivity index is 1.64. The van der Waals surface area contributed by atoms with Gasteiger partial charge >= 0.3 is 11.9 Å². The number of hydrogen-bond donors (Lipinski definition) is 3. The number of carbonyl (C=O) groups excluding carboxylic acids is 3. The highest BCUT2D eigenvalue weighted by Crippen LogP contribution is 2.35. The Hall–Kier alpha value is -3.63. The summed E-state index contributed by atoms with van der Waals surface area (Å²) in [5, 5.41) is 16.6. The standard InChI is InChI=1S/C27H32N2O8/c1-5-35-26(33)22(21-10-9-16(13-30)28-21)29-24(31)23(27(3)14-36-27)37-25(32)20-12-17(34-4)11-19-15(2)7-6-8-18(19)20/h6-8,11-12,16,23,28,30H,5,9-10,13-14H2,1-4H3,(H,29,31)/b22-21+/t16-,23-,27+/m1/s1. The molecule has 2 aliphatic heterocycles. The number of esters is 2. The van der Waals surface area contributed by atoms with Crippen molar-refractivity contribution in [1.29, 1.82) is 0 Å². The van der Waals surface area contributed by atoms with Crippen LogP contribution in [0, 0.1) is 6.92 Å². The molecule has 4 rings (SSSR count). The van der Waals surface area contributed by atoms with Gasteiger partial charge in [-0.05, 0) is 62.1 Å². The van der Waals surface area contributed by atoms with Gasteiger partial charge in [-0.25, -0.2) is 9.59 Å². The molecule has 2 heterocycles. The molecular weight excluding hydrogens is 480 g/mol. The van der Waals surface area contributed by atoms with Gasteiger partial charge in [0, 0.05) is 11.7 Å². The number of fused-ring (bicyclic) bond motifs is 1. The first kappa shape index (κ1) is 26.4. The molecule has 2 aromatic rings. The van der Waals surface area contributed by atoms with Gasteiger partial charge in [-0.2, -0.15) is 0 Å². The Labute approximate surface area is 214 Å². The molecule has 0 aliphatic carbocycles. The predicted octanol–water partition coefficient (Wildman–Crippen LogP) is 2.11. The van der Waals surface area contributed by atoms with Crippen LogP contribution in [0.15, 0.2) is 41.7 Å². The van der Waals surface area contributed by atoms with Crippen molar-refractivity contribution in [2.24, 2.45) is 0 Å². The van der Waals surface area contributed by atoms with Crippen LogP contribution < -0.4 is 15.4 Å². The van der Waals surface area contributed by atoms with E-state index in [4.69, 9.17) is 18.9 Å². The molecule has 10 nitrogen and oxygen atoms in total. The van der Waals surface area contributed by atoms with E-state index in [1.807, 2.05) is 25.1 Å². The van der Waals surface area contributed by atoms with Crippen molar-refractivity contribution < 1.29 is 38.4 Å². The number of aryl methyl sites for hydroxylation is 1. The number of nitrogens with one attached hydrogen (secondary N) is 2. The summed E-state index contributed by atoms with van der Waals surface area (Å²) in [6.07, 6.45) is -0.315. The highest BCUT2D eigenvalue weighted by atomic mass is 16.6. The van der Waals surface area contributed by atoms with E-state index in [0.717, 1.165) is 10.9 Å². The number of carbonyl (C=O) groups is 3. The summed E-state index contributed by atoms with van der Waals surface area (Å²) in [4.78, 5) is 39.6. The summed E-state index contributed by atoms with van der Waals surface area (Å²) in [5.41, 5.74) is 0.522. The van der Waals surface area contributed by atoms with Crippen LogP contribution in [0.5, 0.6) is 5.75 Å². The number of amides is 1. The van der Waals surface area contributed by atoms with Gasteiger partial charge in [0.15, 0.2) is 0 Å². The molecule has 2 saturated heterocycles. The summed E-state index contributed by atoms with van der Waals surface area (Å²) in [6.45, 7) is 5.43. The summed E-state index contributed by atoms with van der Waals surface area (Å²) in [6, 6.07) is 8.73. The fraction of sp³-hybridized carbons (Fsp3) is 0.444. The Morgan fingerprint density at radius 3 is 2.65 bits per heavy atom. The van der Waals surface area contributed by atoms with Crippen LogP contribution in [-0.2, 0) is 23.8 Å². The van der Waals surface area contributed by atoms with Crippen molar-refractivity contribution >= 4 is 28.6 Å². The van der Waals surface area contributed by atoms with E-state index in [1.165, 1.54) is 7.11 Å². The van der Waals surface area contributed by atoms with Crippen LogP contribution in [-0.4, -0.2) is 67.6 Å². The fourth-order valence-electron chi connectivity index (χ4n) is 4.37. The molecule has 1 amide bonds. The zero-order valence-corrected chi connectivity index (χ0v) is 21.4. The second kappa shape index (κ2) is 10.8. The minimum absolute atomic E-state index is 0.0736. The number of aliphatic hydroxyl groups excluding tert-OH is 1. The monoisotopic (exact) mass is 512 g/mol. The number of allylic oxidation sites excluding steroid dienone is 1. The SMILES string of the molecule is CCOC(=O)/C(NC(=O)[C@@H](OC(=O)c1cc(OC)cc2c(C)cccc12)[C@]1(C)CO1)=C1/CC[C@H](CO)N1. The molecule has 3 N–H and O–H groups in total. The number of aliphatic hydroxyl groups is 1. The zero-order valence-electron chi connectivity index (χ0n) is 21.4. The maximum absolute atomic E-state index is 13.5. The Bertz CT molecular complexity index is 1250. The first-order chi connectivity index (χ1) is 17.7. The molecule has 10 heteroatoms. The largest absolute Gasteiger partial charge is 0.497 e. The third-order valence-electron chi connectivity index (χ3n) is 6.63. The minimum Gasteiger partial charge on any atom is -0.497 e. The van der Waals surface area contributed by atoms with Crippen molar-refractivity contribution in [2.45, 2.75) is 51.4 Å². The van der Waals surface area contributed by atoms with E-state index < -0.39 is 29.6 Å². The van der Waals surface area contributed by atoms with Gasteiger partial charge < -0.3 is 34.7 Å². The normalized spacial score (nSPS) is 22.6. The zero-order chi connectivity index (χ0) is 26.7. The average Bonchev–Trinajstić information content (AvgIpc) is 3.45. The lowest BCUT2D eigenvalue weighted by molar-refractivity contribution is -0.141. The molecule has 37 heavy (non-hydrogen) atoms. The smallest absolute Gasteiger partial charge is 0.356 e. The number of rotatable bonds is 9. The number of ether oxygens (including phenoxy) is 4. The Morgan fingerprint density at radius 1 is 1.27 bits per heavy atom. The van der Waals surface area contributed by atoms with Crippen molar-refractivity contribution in [2.75, 3.05) is 26.9 Å². The van der Waals surface area contributed by atoms with E-state index in [0.29, 0.717) is 29.7 Å². The molecule has 0 radical (unpaired) electrons. The molecule has 3 atom stereocenters. The Morgan fingerprint density at radius 2 is 2.03 bits per heavy atom. The van der Waals surface area contributed by atoms with Gasteiger partial charge in [0.25, 0.3) is 5.91 Å². The minimum atomic E-state index is -1.34. The molecular formula is C27H32N2O8. The molecule has 0 bridgehead atoms. The lowest BCUT2D eigenvalue weighted by Crippen LogP contribution is -2.47. The fourth-order valence-corrected chi connectivity index (χ4v) is 4.37. The summed E-state index contributed by atoms with van der Waals surface area (Å²) >= 11 is 0. The average molecular weight is 513 g/mol. The van der Waals surface area contributed by atoms with Gasteiger partial charge in [-0.3, -0.25) is 4.79 Å². The van der Waals surface area contributed by atoms with Crippen LogP contribution in [0.4, 0.5) is 0 Å². The van der Waals surface area contributed by atoms with Gasteiger partial charge in [0.05, 0.1) is 32.5 Å². The highest BCUT2D eigenvalue weighted by molar-refractivity contribution is 6.07. The van der Waals surface area contributed by atoms with Gasteiger partial charge in [0.2, 0.25) is 6.10 Å². The molecule has 0 aromatic heterocycles. The maximum atomic E-state index is 13.5. The van der Waals surface area contributed by atoms with Crippen LogP contribution in [0.25, 0.3) is 10.8 Å². The third-order valence-corrected chi connectivity index (χ3v) is 6.63. The number of benzene rings is 2. The Kier molecular flexibility index (Phi) is 7.70. The maximum Gasteiger partial charge on any atom is 0.356 e. The van der Waals surface area contributed by atoms with Crippen LogP contribution in [0.1, 0.15) is 42.6 Å². The number of hydrogen-bond acceptors (Lipinski definition) is 9. The quantitative estimate of drug-likeness (QED) is 0.262. The number of methoxy groups -OCH3 is 1.